The number of hydrogen-bond acceptors (Lipinski definition) is 5. The largest absolute Gasteiger partial charge is 0.481 e. The molecular formula is C27H29F4N3O5. The Bertz CT molecular complexity index is 1350. The molecule has 12 heteroatoms. The van der Waals surface area contributed by atoms with Crippen LogP contribution in [0.15, 0.2) is 54.6 Å². The minimum absolute atomic E-state index is 0.0912. The van der Waals surface area contributed by atoms with E-state index in [9.17, 15) is 37.4 Å². The zero-order valence-electron chi connectivity index (χ0n) is 21.7. The number of benzene rings is 2. The second kappa shape index (κ2) is 11.0. The maximum Gasteiger partial charge on any atom is 0.416 e. The Hall–Kier alpha value is -3.93. The number of nitrogens with zero attached hydrogens (tertiary/aromatic N) is 2. The van der Waals surface area contributed by atoms with Gasteiger partial charge in [0, 0.05) is 6.07 Å². The van der Waals surface area contributed by atoms with Crippen LogP contribution >= 0.6 is 0 Å². The summed E-state index contributed by atoms with van der Waals surface area (Å²) < 4.78 is 62.2. The summed E-state index contributed by atoms with van der Waals surface area (Å²) >= 11 is 0. The number of carboxylic acid groups (broad SMARTS) is 1. The smallest absolute Gasteiger partial charge is 0.416 e. The number of rotatable bonds is 9. The van der Waals surface area contributed by atoms with Gasteiger partial charge in [-0.15, -0.1) is 0 Å². The maximum absolute atomic E-state index is 14.6. The van der Waals surface area contributed by atoms with Gasteiger partial charge in [-0.3, -0.25) is 9.59 Å². The van der Waals surface area contributed by atoms with Crippen LogP contribution in [-0.2, 0) is 11.0 Å². The van der Waals surface area contributed by atoms with Crippen molar-refractivity contribution in [1.82, 2.24) is 15.1 Å². The number of carboxylic acids is 1. The molecule has 3 N–H and O–H groups in total. The van der Waals surface area contributed by atoms with Crippen molar-refractivity contribution in [2.24, 2.45) is 5.41 Å². The number of amides is 1. The zero-order chi connectivity index (χ0) is 29.2. The van der Waals surface area contributed by atoms with Gasteiger partial charge in [0.1, 0.15) is 23.7 Å². The van der Waals surface area contributed by atoms with Gasteiger partial charge in [0.2, 0.25) is 5.88 Å². The van der Waals surface area contributed by atoms with Crippen LogP contribution in [-0.4, -0.2) is 44.1 Å². The predicted octanol–water partition coefficient (Wildman–Crippen LogP) is 5.15. The van der Waals surface area contributed by atoms with Gasteiger partial charge in [0.15, 0.2) is 5.69 Å². The molecule has 210 valence electrons. The first-order valence-electron chi connectivity index (χ1n) is 11.9. The molecular weight excluding hydrogens is 522 g/mol. The fourth-order valence-electron chi connectivity index (χ4n) is 3.51. The Morgan fingerprint density at radius 3 is 2.26 bits per heavy atom. The highest BCUT2D eigenvalue weighted by Gasteiger charge is 2.38. The number of aliphatic hydroxyl groups is 1. The minimum Gasteiger partial charge on any atom is -0.481 e. The molecule has 0 bridgehead atoms. The third kappa shape index (κ3) is 6.94. The molecule has 0 aliphatic heterocycles. The second-order valence-corrected chi connectivity index (χ2v) is 10.3. The van der Waals surface area contributed by atoms with Crippen molar-refractivity contribution in [3.05, 3.63) is 77.2 Å². The highest BCUT2D eigenvalue weighted by atomic mass is 19.4. The summed E-state index contributed by atoms with van der Waals surface area (Å²) in [5, 5.41) is 26.5. The Morgan fingerprint density at radius 1 is 1.05 bits per heavy atom. The summed E-state index contributed by atoms with van der Waals surface area (Å²) in [4.78, 5) is 24.6. The van der Waals surface area contributed by atoms with Crippen molar-refractivity contribution < 1.29 is 42.1 Å². The highest BCUT2D eigenvalue weighted by Crippen LogP contribution is 2.36. The average Bonchev–Trinajstić information content (AvgIpc) is 3.25. The lowest BCUT2D eigenvalue weighted by molar-refractivity contribution is -0.140. The summed E-state index contributed by atoms with van der Waals surface area (Å²) in [6, 6.07) is 9.37. The molecule has 0 saturated carbocycles. The molecule has 3 rings (SSSR count). The lowest BCUT2D eigenvalue weighted by Gasteiger charge is -2.36. The van der Waals surface area contributed by atoms with Crippen LogP contribution in [0.1, 0.15) is 61.8 Å². The number of aromatic nitrogens is 2. The molecule has 0 spiro atoms. The van der Waals surface area contributed by atoms with Gasteiger partial charge in [0.05, 0.1) is 18.0 Å². The Kier molecular flexibility index (Phi) is 8.39. The lowest BCUT2D eigenvalue weighted by atomic mass is 9.78. The van der Waals surface area contributed by atoms with Crippen LogP contribution in [0.25, 0.3) is 5.69 Å². The van der Waals surface area contributed by atoms with Crippen LogP contribution < -0.4 is 10.1 Å². The lowest BCUT2D eigenvalue weighted by Crippen LogP contribution is -2.45. The number of halogens is 4. The standard InChI is InChI=1S/C27H29F4N3O5/c1-25(2,3)26(4,38)15-39-22-13-20(33-34(22)21-12-8-7-11-18(21)28)24(37)32-19(14-23(35)36)16-9-5-6-10-17(16)27(29,30)31/h5-13,19,38H,14-15H2,1-4H3,(H,32,37)(H,35,36)/t19-,26+/m0/s1. The molecule has 1 aromatic heterocycles. The van der Waals surface area contributed by atoms with Crippen LogP contribution in [0, 0.1) is 11.2 Å². The quantitative estimate of drug-likeness (QED) is 0.317. The summed E-state index contributed by atoms with van der Waals surface area (Å²) in [6.07, 6.45) is -5.64. The predicted molar refractivity (Wildman–Crippen MR) is 133 cm³/mol. The van der Waals surface area contributed by atoms with Crippen LogP contribution in [0.2, 0.25) is 0 Å². The molecule has 0 fully saturated rings. The molecule has 2 aromatic carbocycles. The number of aliphatic carboxylic acids is 1. The normalized spacial score (nSPS) is 14.4. The number of alkyl halides is 3. The Balaban J connectivity index is 2.01. The molecule has 0 saturated heterocycles. The molecule has 0 unspecified atom stereocenters. The first-order chi connectivity index (χ1) is 18.0. The summed E-state index contributed by atoms with van der Waals surface area (Å²) in [7, 11) is 0. The number of para-hydroxylation sites is 1. The van der Waals surface area contributed by atoms with Crippen molar-refractivity contribution in [3.8, 4) is 11.6 Å². The summed E-state index contributed by atoms with van der Waals surface area (Å²) in [5.74, 6) is -3.29. The van der Waals surface area contributed by atoms with Crippen LogP contribution in [0.5, 0.6) is 5.88 Å². The molecule has 3 aromatic rings. The highest BCUT2D eigenvalue weighted by molar-refractivity contribution is 5.93. The number of hydrogen-bond donors (Lipinski definition) is 3. The van der Waals surface area contributed by atoms with Gasteiger partial charge in [-0.05, 0) is 36.1 Å². The van der Waals surface area contributed by atoms with E-state index in [1.54, 1.807) is 27.7 Å². The summed E-state index contributed by atoms with van der Waals surface area (Å²) in [6.45, 7) is 6.62. The average molecular weight is 552 g/mol. The van der Waals surface area contributed by atoms with Crippen LogP contribution in [0.4, 0.5) is 17.6 Å². The van der Waals surface area contributed by atoms with Crippen molar-refractivity contribution in [2.45, 2.75) is 51.9 Å². The number of carbonyl (C=O) groups excluding carboxylic acids is 1. The van der Waals surface area contributed by atoms with Crippen molar-refractivity contribution in [2.75, 3.05) is 6.61 Å². The fourth-order valence-corrected chi connectivity index (χ4v) is 3.51. The number of carbonyl (C=O) groups is 2. The Morgan fingerprint density at radius 2 is 1.67 bits per heavy atom. The maximum atomic E-state index is 14.6. The fraction of sp³-hybridized carbons (Fsp3) is 0.370. The molecule has 1 heterocycles. The number of ether oxygens (including phenoxy) is 1. The van der Waals surface area contributed by atoms with E-state index in [4.69, 9.17) is 4.74 Å². The summed E-state index contributed by atoms with van der Waals surface area (Å²) in [5.41, 5.74) is -3.97. The van der Waals surface area contributed by atoms with Gasteiger partial charge in [-0.2, -0.15) is 23.0 Å². The molecule has 0 aliphatic rings. The van der Waals surface area contributed by atoms with Gasteiger partial charge < -0.3 is 20.3 Å². The second-order valence-electron chi connectivity index (χ2n) is 10.3. The number of nitrogens with one attached hydrogen (secondary N) is 1. The minimum atomic E-state index is -4.80. The Labute approximate surface area is 222 Å². The van der Waals surface area contributed by atoms with E-state index in [1.165, 1.54) is 24.3 Å². The first-order valence-corrected chi connectivity index (χ1v) is 11.9. The van der Waals surface area contributed by atoms with Crippen molar-refractivity contribution >= 4 is 11.9 Å². The van der Waals surface area contributed by atoms with E-state index in [1.807, 2.05) is 0 Å². The van der Waals surface area contributed by atoms with E-state index < -0.39 is 58.5 Å². The molecule has 39 heavy (non-hydrogen) atoms. The van der Waals surface area contributed by atoms with Gasteiger partial charge in [-0.25, -0.2) is 4.39 Å². The van der Waals surface area contributed by atoms with Crippen LogP contribution in [0.3, 0.4) is 0 Å². The van der Waals surface area contributed by atoms with E-state index in [-0.39, 0.29) is 23.9 Å². The van der Waals surface area contributed by atoms with E-state index in [0.717, 1.165) is 35.0 Å². The van der Waals surface area contributed by atoms with E-state index >= 15 is 0 Å². The van der Waals surface area contributed by atoms with Gasteiger partial charge in [0.25, 0.3) is 5.91 Å². The third-order valence-corrected chi connectivity index (χ3v) is 6.43. The van der Waals surface area contributed by atoms with E-state index in [2.05, 4.69) is 10.4 Å². The molecule has 0 radical (unpaired) electrons. The zero-order valence-corrected chi connectivity index (χ0v) is 21.7. The van der Waals surface area contributed by atoms with Gasteiger partial charge >= 0.3 is 12.1 Å². The molecule has 0 aliphatic carbocycles. The molecule has 1 amide bonds. The topological polar surface area (TPSA) is 114 Å². The first kappa shape index (κ1) is 29.6. The van der Waals surface area contributed by atoms with E-state index in [0.29, 0.717) is 0 Å². The molecule has 8 nitrogen and oxygen atoms in total. The molecule has 2 atom stereocenters. The van der Waals surface area contributed by atoms with Gasteiger partial charge in [-0.1, -0.05) is 51.1 Å². The SMILES string of the molecule is CC(C)(C)[C@](C)(O)COc1cc(C(=O)N[C@@H](CC(=O)O)c2ccccc2C(F)(F)F)nn1-c1ccccc1F. The van der Waals surface area contributed by atoms with Crippen molar-refractivity contribution in [1.29, 1.82) is 0 Å². The monoisotopic (exact) mass is 551 g/mol. The third-order valence-electron chi connectivity index (χ3n) is 6.43. The van der Waals surface area contributed by atoms with Crippen molar-refractivity contribution in [3.63, 3.8) is 0 Å².